The molecule has 0 amide bonds. The highest BCUT2D eigenvalue weighted by Gasteiger charge is 2.28. The Morgan fingerprint density at radius 2 is 1.92 bits per heavy atom. The monoisotopic (exact) mass is 339 g/mol. The molecular weight excluding hydrogens is 310 g/mol. The minimum atomic E-state index is 0.440. The lowest BCUT2D eigenvalue weighted by molar-refractivity contribution is 0.198. The highest BCUT2D eigenvalue weighted by atomic mass is 15.2. The second-order valence-electron chi connectivity index (χ2n) is 7.63. The van der Waals surface area contributed by atoms with E-state index in [4.69, 9.17) is 0 Å². The van der Waals surface area contributed by atoms with Crippen molar-refractivity contribution in [3.63, 3.8) is 0 Å². The molecule has 134 valence electrons. The molecule has 2 aromatic heterocycles. The van der Waals surface area contributed by atoms with Gasteiger partial charge in [-0.05, 0) is 70.4 Å². The van der Waals surface area contributed by atoms with Crippen molar-refractivity contribution in [3.8, 4) is 0 Å². The lowest BCUT2D eigenvalue weighted by Gasteiger charge is -2.30. The topological polar surface area (TPSA) is 37.2 Å². The zero-order valence-electron chi connectivity index (χ0n) is 15.2. The maximum atomic E-state index is 4.68. The van der Waals surface area contributed by atoms with Crippen molar-refractivity contribution in [1.82, 2.24) is 24.3 Å². The molecule has 0 aromatic carbocycles. The van der Waals surface area contributed by atoms with E-state index in [2.05, 4.69) is 49.7 Å². The van der Waals surface area contributed by atoms with Crippen molar-refractivity contribution in [2.24, 2.45) is 5.92 Å². The van der Waals surface area contributed by atoms with Crippen LogP contribution in [0.1, 0.15) is 43.2 Å². The number of imidazole rings is 1. The number of rotatable bonds is 5. The summed E-state index contributed by atoms with van der Waals surface area (Å²) in [6.45, 7) is 5.64. The van der Waals surface area contributed by atoms with Crippen molar-refractivity contribution in [1.29, 1.82) is 0 Å². The van der Waals surface area contributed by atoms with Gasteiger partial charge in [0, 0.05) is 25.1 Å². The normalized spacial score (nSPS) is 23.3. The summed E-state index contributed by atoms with van der Waals surface area (Å²) in [7, 11) is 2.23. The van der Waals surface area contributed by atoms with Gasteiger partial charge < -0.3 is 9.47 Å². The zero-order valence-corrected chi connectivity index (χ0v) is 15.2. The van der Waals surface area contributed by atoms with E-state index in [1.165, 1.54) is 50.3 Å². The SMILES string of the molecule is CN1CCC(Cn2ccnc2CN2CCCC2c2ccccn2)CC1. The Balaban J connectivity index is 1.42. The average molecular weight is 339 g/mol. The maximum Gasteiger partial charge on any atom is 0.122 e. The van der Waals surface area contributed by atoms with Gasteiger partial charge in [-0.25, -0.2) is 4.98 Å². The van der Waals surface area contributed by atoms with E-state index in [1.54, 1.807) is 0 Å². The first-order chi connectivity index (χ1) is 12.3. The van der Waals surface area contributed by atoms with Gasteiger partial charge in [-0.3, -0.25) is 9.88 Å². The third-order valence-electron chi connectivity index (χ3n) is 5.83. The molecule has 4 heterocycles. The fourth-order valence-corrected chi connectivity index (χ4v) is 4.29. The van der Waals surface area contributed by atoms with Crippen LogP contribution >= 0.6 is 0 Å². The molecule has 0 bridgehead atoms. The fraction of sp³-hybridized carbons (Fsp3) is 0.600. The van der Waals surface area contributed by atoms with Crippen LogP contribution in [0.25, 0.3) is 0 Å². The number of nitrogens with zero attached hydrogens (tertiary/aromatic N) is 5. The molecule has 4 rings (SSSR count). The van der Waals surface area contributed by atoms with E-state index < -0.39 is 0 Å². The molecule has 5 heteroatoms. The number of aromatic nitrogens is 3. The van der Waals surface area contributed by atoms with Crippen LogP contribution in [0.3, 0.4) is 0 Å². The Bertz CT molecular complexity index is 660. The van der Waals surface area contributed by atoms with Gasteiger partial charge in [0.25, 0.3) is 0 Å². The smallest absolute Gasteiger partial charge is 0.122 e. The number of piperidine rings is 1. The van der Waals surface area contributed by atoms with Crippen molar-refractivity contribution in [2.45, 2.75) is 44.8 Å². The molecule has 0 radical (unpaired) electrons. The van der Waals surface area contributed by atoms with Gasteiger partial charge in [0.05, 0.1) is 18.3 Å². The predicted molar refractivity (Wildman–Crippen MR) is 99.1 cm³/mol. The first-order valence-corrected chi connectivity index (χ1v) is 9.63. The number of hydrogen-bond acceptors (Lipinski definition) is 4. The predicted octanol–water partition coefficient (Wildman–Crippen LogP) is 2.96. The highest BCUT2D eigenvalue weighted by molar-refractivity contribution is 5.11. The highest BCUT2D eigenvalue weighted by Crippen LogP contribution is 2.31. The van der Waals surface area contributed by atoms with E-state index in [0.717, 1.165) is 25.6 Å². The van der Waals surface area contributed by atoms with Gasteiger partial charge in [-0.1, -0.05) is 6.07 Å². The van der Waals surface area contributed by atoms with Crippen LogP contribution in [0.5, 0.6) is 0 Å². The minimum Gasteiger partial charge on any atom is -0.334 e. The Labute approximate surface area is 150 Å². The molecule has 2 aliphatic heterocycles. The van der Waals surface area contributed by atoms with Gasteiger partial charge in [0.1, 0.15) is 5.82 Å². The van der Waals surface area contributed by atoms with Crippen LogP contribution in [0.4, 0.5) is 0 Å². The van der Waals surface area contributed by atoms with E-state index in [1.807, 2.05) is 18.5 Å². The summed E-state index contributed by atoms with van der Waals surface area (Å²) in [6.07, 6.45) is 11.1. The largest absolute Gasteiger partial charge is 0.334 e. The van der Waals surface area contributed by atoms with Crippen molar-refractivity contribution in [3.05, 3.63) is 48.3 Å². The zero-order chi connectivity index (χ0) is 17.1. The standard InChI is InChI=1S/C20H29N5/c1-23-12-7-17(8-13-23)15-25-14-10-22-20(25)16-24-11-4-6-19(24)18-5-2-3-9-21-18/h2-3,5,9-10,14,17,19H,4,6-8,11-13,15-16H2,1H3. The molecule has 0 N–H and O–H groups in total. The molecular formula is C20H29N5. The average Bonchev–Trinajstić information content (AvgIpc) is 3.28. The van der Waals surface area contributed by atoms with Gasteiger partial charge in [-0.2, -0.15) is 0 Å². The first kappa shape index (κ1) is 16.7. The Morgan fingerprint density at radius 1 is 1.04 bits per heavy atom. The van der Waals surface area contributed by atoms with Gasteiger partial charge in [-0.15, -0.1) is 0 Å². The molecule has 2 aliphatic rings. The third-order valence-corrected chi connectivity index (χ3v) is 5.83. The molecule has 1 atom stereocenters. The first-order valence-electron chi connectivity index (χ1n) is 9.63. The van der Waals surface area contributed by atoms with E-state index in [0.29, 0.717) is 6.04 Å². The molecule has 25 heavy (non-hydrogen) atoms. The molecule has 0 aliphatic carbocycles. The van der Waals surface area contributed by atoms with Crippen molar-refractivity contribution >= 4 is 0 Å². The molecule has 2 aromatic rings. The van der Waals surface area contributed by atoms with Gasteiger partial charge >= 0.3 is 0 Å². The molecule has 5 nitrogen and oxygen atoms in total. The van der Waals surface area contributed by atoms with Crippen molar-refractivity contribution in [2.75, 3.05) is 26.7 Å². The summed E-state index contributed by atoms with van der Waals surface area (Å²) in [5.74, 6) is 2.00. The summed E-state index contributed by atoms with van der Waals surface area (Å²) < 4.78 is 2.39. The molecule has 0 spiro atoms. The number of likely N-dealkylation sites (tertiary alicyclic amines) is 2. The molecule has 0 saturated carbocycles. The summed E-state index contributed by atoms with van der Waals surface area (Å²) in [5, 5.41) is 0. The summed E-state index contributed by atoms with van der Waals surface area (Å²) in [5.41, 5.74) is 1.20. The van der Waals surface area contributed by atoms with Crippen LogP contribution in [-0.4, -0.2) is 51.0 Å². The summed E-state index contributed by atoms with van der Waals surface area (Å²) >= 11 is 0. The van der Waals surface area contributed by atoms with E-state index >= 15 is 0 Å². The summed E-state index contributed by atoms with van der Waals surface area (Å²) in [6, 6.07) is 6.69. The van der Waals surface area contributed by atoms with Crippen LogP contribution in [0, 0.1) is 5.92 Å². The molecule has 1 unspecified atom stereocenters. The van der Waals surface area contributed by atoms with Crippen LogP contribution in [0.2, 0.25) is 0 Å². The Morgan fingerprint density at radius 3 is 2.72 bits per heavy atom. The lowest BCUT2D eigenvalue weighted by atomic mass is 9.97. The number of hydrogen-bond donors (Lipinski definition) is 0. The lowest BCUT2D eigenvalue weighted by Crippen LogP contribution is -2.32. The van der Waals surface area contributed by atoms with Crippen LogP contribution < -0.4 is 0 Å². The Kier molecular flexibility index (Phi) is 5.13. The molecule has 2 saturated heterocycles. The minimum absolute atomic E-state index is 0.440. The second kappa shape index (κ2) is 7.67. The van der Waals surface area contributed by atoms with Crippen LogP contribution in [0.15, 0.2) is 36.8 Å². The van der Waals surface area contributed by atoms with Crippen LogP contribution in [-0.2, 0) is 13.1 Å². The quantitative estimate of drug-likeness (QED) is 0.839. The number of pyridine rings is 1. The summed E-state index contributed by atoms with van der Waals surface area (Å²) in [4.78, 5) is 14.3. The van der Waals surface area contributed by atoms with Gasteiger partial charge in [0.2, 0.25) is 0 Å². The molecule has 2 fully saturated rings. The van der Waals surface area contributed by atoms with Crippen molar-refractivity contribution < 1.29 is 0 Å². The Hall–Kier alpha value is -1.72. The van der Waals surface area contributed by atoms with E-state index in [-0.39, 0.29) is 0 Å². The fourth-order valence-electron chi connectivity index (χ4n) is 4.29. The third kappa shape index (κ3) is 3.93. The second-order valence-corrected chi connectivity index (χ2v) is 7.63. The van der Waals surface area contributed by atoms with E-state index in [9.17, 15) is 0 Å². The maximum absolute atomic E-state index is 4.68. The van der Waals surface area contributed by atoms with Gasteiger partial charge in [0.15, 0.2) is 0 Å².